The van der Waals surface area contributed by atoms with Crippen LogP contribution >= 0.6 is 0 Å². The minimum absolute atomic E-state index is 0. The summed E-state index contributed by atoms with van der Waals surface area (Å²) in [4.78, 5) is 0. The Hall–Kier alpha value is -1.28. The lowest BCUT2D eigenvalue weighted by molar-refractivity contribution is -0.696. The lowest BCUT2D eigenvalue weighted by Gasteiger charge is -1.98. The third-order valence-corrected chi connectivity index (χ3v) is 2.55. The van der Waals surface area contributed by atoms with Crippen LogP contribution in [0, 0.1) is 0 Å². The van der Waals surface area contributed by atoms with E-state index in [1.165, 1.54) is 12.0 Å². The number of benzene rings is 1. The van der Waals surface area contributed by atoms with E-state index in [0.717, 1.165) is 13.0 Å². The number of aryl methyl sites for hydroxylation is 3. The lowest BCUT2D eigenvalue weighted by atomic mass is 10.1. The molecule has 1 aromatic heterocycles. The number of rotatable bonds is 4. The van der Waals surface area contributed by atoms with Crippen LogP contribution in [0.25, 0.3) is 0 Å². The zero-order valence-corrected chi connectivity index (χ0v) is 10.3. The van der Waals surface area contributed by atoms with Crippen LogP contribution < -0.4 is 17.0 Å². The standard InChI is InChI=1S/C13H17N2.ClH/c1-14-10-11-15(12-14)9-5-8-13-6-3-2-4-7-13;/h2-4,6-7,10-12H,5,8-9H2,1H3;1H/q+1;/p-1. The monoisotopic (exact) mass is 236 g/mol. The maximum Gasteiger partial charge on any atom is 0.243 e. The largest absolute Gasteiger partial charge is 1.00 e. The highest BCUT2D eigenvalue weighted by molar-refractivity contribution is 5.14. The van der Waals surface area contributed by atoms with Crippen LogP contribution in [-0.4, -0.2) is 4.57 Å². The van der Waals surface area contributed by atoms with Gasteiger partial charge in [0.05, 0.1) is 13.6 Å². The van der Waals surface area contributed by atoms with E-state index in [-0.39, 0.29) is 12.4 Å². The van der Waals surface area contributed by atoms with Gasteiger partial charge in [0.2, 0.25) is 6.33 Å². The Kier molecular flexibility index (Phi) is 5.06. The Balaban J connectivity index is 0.00000128. The molecule has 0 aliphatic rings. The van der Waals surface area contributed by atoms with Crippen LogP contribution in [0.15, 0.2) is 49.1 Å². The van der Waals surface area contributed by atoms with Crippen molar-refractivity contribution in [1.82, 2.24) is 4.57 Å². The smallest absolute Gasteiger partial charge is 0.243 e. The molecule has 0 spiro atoms. The molecule has 1 aromatic carbocycles. The molecule has 1 heterocycles. The predicted octanol–water partition coefficient (Wildman–Crippen LogP) is -1.05. The van der Waals surface area contributed by atoms with Gasteiger partial charge in [0.25, 0.3) is 0 Å². The van der Waals surface area contributed by atoms with Gasteiger partial charge >= 0.3 is 0 Å². The molecule has 2 nitrogen and oxygen atoms in total. The van der Waals surface area contributed by atoms with Gasteiger partial charge in [-0.15, -0.1) is 0 Å². The molecule has 2 aromatic rings. The molecule has 0 amide bonds. The van der Waals surface area contributed by atoms with E-state index in [1.54, 1.807) is 0 Å². The second-order valence-corrected chi connectivity index (χ2v) is 3.91. The third-order valence-electron chi connectivity index (χ3n) is 2.55. The zero-order chi connectivity index (χ0) is 10.5. The van der Waals surface area contributed by atoms with Crippen molar-refractivity contribution in [2.24, 2.45) is 7.05 Å². The molecule has 3 heteroatoms. The first-order valence-electron chi connectivity index (χ1n) is 5.39. The number of hydrogen-bond acceptors (Lipinski definition) is 0. The molecule has 0 aliphatic heterocycles. The summed E-state index contributed by atoms with van der Waals surface area (Å²) in [6, 6.07) is 10.6. The van der Waals surface area contributed by atoms with Crippen molar-refractivity contribution in [3.8, 4) is 0 Å². The normalized spacial score (nSPS) is 9.81. The summed E-state index contributed by atoms with van der Waals surface area (Å²) in [5, 5.41) is 0. The highest BCUT2D eigenvalue weighted by Crippen LogP contribution is 2.01. The lowest BCUT2D eigenvalue weighted by Crippen LogP contribution is -3.00. The molecule has 0 atom stereocenters. The van der Waals surface area contributed by atoms with E-state index in [1.807, 2.05) is 7.05 Å². The summed E-state index contributed by atoms with van der Waals surface area (Å²) >= 11 is 0. The second kappa shape index (κ2) is 6.33. The maximum absolute atomic E-state index is 2.23. The number of imidazole rings is 1. The molecule has 0 bridgehead atoms. The van der Waals surface area contributed by atoms with Gasteiger partial charge in [-0.2, -0.15) is 0 Å². The number of hydrogen-bond donors (Lipinski definition) is 0. The van der Waals surface area contributed by atoms with Crippen molar-refractivity contribution in [3.63, 3.8) is 0 Å². The molecule has 16 heavy (non-hydrogen) atoms. The average molecular weight is 237 g/mol. The van der Waals surface area contributed by atoms with Gasteiger partial charge < -0.3 is 12.4 Å². The Morgan fingerprint density at radius 2 is 1.94 bits per heavy atom. The quantitative estimate of drug-likeness (QED) is 0.600. The first-order chi connectivity index (χ1) is 7.34. The Morgan fingerprint density at radius 1 is 1.19 bits per heavy atom. The van der Waals surface area contributed by atoms with E-state index in [0.29, 0.717) is 0 Å². The molecule has 0 saturated heterocycles. The van der Waals surface area contributed by atoms with E-state index in [2.05, 4.69) is 58.2 Å². The van der Waals surface area contributed by atoms with Gasteiger partial charge in [-0.05, 0) is 18.4 Å². The summed E-state index contributed by atoms with van der Waals surface area (Å²) in [5.41, 5.74) is 1.43. The first kappa shape index (κ1) is 12.8. The molecule has 0 N–H and O–H groups in total. The molecule has 86 valence electrons. The predicted molar refractivity (Wildman–Crippen MR) is 60.4 cm³/mol. The summed E-state index contributed by atoms with van der Waals surface area (Å²) < 4.78 is 4.30. The van der Waals surface area contributed by atoms with Crippen molar-refractivity contribution in [2.45, 2.75) is 19.4 Å². The van der Waals surface area contributed by atoms with Crippen molar-refractivity contribution in [1.29, 1.82) is 0 Å². The van der Waals surface area contributed by atoms with Crippen molar-refractivity contribution < 1.29 is 17.0 Å². The van der Waals surface area contributed by atoms with Crippen LogP contribution in [0.5, 0.6) is 0 Å². The maximum atomic E-state index is 2.23. The molecule has 0 unspecified atom stereocenters. The van der Waals surface area contributed by atoms with E-state index in [9.17, 15) is 0 Å². The van der Waals surface area contributed by atoms with Gasteiger partial charge in [0, 0.05) is 0 Å². The first-order valence-corrected chi connectivity index (χ1v) is 5.39. The fraction of sp³-hybridized carbons (Fsp3) is 0.308. The van der Waals surface area contributed by atoms with Crippen molar-refractivity contribution in [2.75, 3.05) is 0 Å². The Bertz CT molecular complexity index is 409. The van der Waals surface area contributed by atoms with Crippen molar-refractivity contribution in [3.05, 3.63) is 54.6 Å². The topological polar surface area (TPSA) is 8.81 Å². The second-order valence-electron chi connectivity index (χ2n) is 3.91. The molecule has 0 saturated carbocycles. The molecule has 0 radical (unpaired) electrons. The van der Waals surface area contributed by atoms with Crippen LogP contribution in [0.3, 0.4) is 0 Å². The molecular formula is C13H17ClN2. The molecule has 0 aliphatic carbocycles. The molecule has 2 rings (SSSR count). The summed E-state index contributed by atoms with van der Waals surface area (Å²) in [6.45, 7) is 1.09. The van der Waals surface area contributed by atoms with Crippen LogP contribution in [-0.2, 0) is 20.0 Å². The van der Waals surface area contributed by atoms with Crippen LogP contribution in [0.2, 0.25) is 0 Å². The molecular weight excluding hydrogens is 220 g/mol. The Labute approximate surface area is 103 Å². The SMILES string of the molecule is Cn1cc[n+](CCCc2ccccc2)c1.[Cl-]. The molecule has 0 fully saturated rings. The van der Waals surface area contributed by atoms with E-state index < -0.39 is 0 Å². The summed E-state index contributed by atoms with van der Waals surface area (Å²) in [7, 11) is 2.05. The highest BCUT2D eigenvalue weighted by atomic mass is 35.5. The summed E-state index contributed by atoms with van der Waals surface area (Å²) in [6.07, 6.45) is 8.65. The van der Waals surface area contributed by atoms with Crippen molar-refractivity contribution >= 4 is 0 Å². The van der Waals surface area contributed by atoms with E-state index in [4.69, 9.17) is 0 Å². The van der Waals surface area contributed by atoms with Crippen LogP contribution in [0.1, 0.15) is 12.0 Å². The van der Waals surface area contributed by atoms with Gasteiger partial charge in [-0.25, -0.2) is 9.13 Å². The number of halogens is 1. The van der Waals surface area contributed by atoms with Gasteiger partial charge in [0.1, 0.15) is 12.4 Å². The average Bonchev–Trinajstić information content (AvgIpc) is 2.66. The minimum Gasteiger partial charge on any atom is -1.00 e. The Morgan fingerprint density at radius 3 is 2.56 bits per heavy atom. The fourth-order valence-electron chi connectivity index (χ4n) is 1.74. The highest BCUT2D eigenvalue weighted by Gasteiger charge is 1.99. The number of nitrogens with zero attached hydrogens (tertiary/aromatic N) is 2. The van der Waals surface area contributed by atoms with Gasteiger partial charge in [0.15, 0.2) is 0 Å². The van der Waals surface area contributed by atoms with Gasteiger partial charge in [-0.1, -0.05) is 30.3 Å². The van der Waals surface area contributed by atoms with Gasteiger partial charge in [-0.3, -0.25) is 0 Å². The fourth-order valence-corrected chi connectivity index (χ4v) is 1.74. The van der Waals surface area contributed by atoms with Crippen LogP contribution in [0.4, 0.5) is 0 Å². The van der Waals surface area contributed by atoms with E-state index >= 15 is 0 Å². The minimum atomic E-state index is 0. The number of aromatic nitrogens is 2. The third kappa shape index (κ3) is 3.70. The summed E-state index contributed by atoms with van der Waals surface area (Å²) in [5.74, 6) is 0. The zero-order valence-electron chi connectivity index (χ0n) is 9.51.